The minimum atomic E-state index is -0.00636. The molecule has 0 aliphatic carbocycles. The summed E-state index contributed by atoms with van der Waals surface area (Å²) in [5.74, 6) is 1.14. The van der Waals surface area contributed by atoms with Crippen LogP contribution in [0.15, 0.2) is 54.6 Å². The van der Waals surface area contributed by atoms with Crippen LogP contribution >= 0.6 is 12.6 Å². The lowest BCUT2D eigenvalue weighted by molar-refractivity contribution is -0.117. The number of anilines is 1. The Balaban J connectivity index is 1.79. The van der Waals surface area contributed by atoms with Gasteiger partial charge in [-0.15, -0.1) is 0 Å². The van der Waals surface area contributed by atoms with E-state index >= 15 is 0 Å². The number of hydrogen-bond donors (Lipinski definition) is 1. The van der Waals surface area contributed by atoms with E-state index < -0.39 is 0 Å². The highest BCUT2D eigenvalue weighted by Gasteiger charge is 2.29. The molecule has 3 rings (SSSR count). The fourth-order valence-corrected chi connectivity index (χ4v) is 2.95. The maximum absolute atomic E-state index is 12.4. The van der Waals surface area contributed by atoms with Crippen molar-refractivity contribution in [3.63, 3.8) is 0 Å². The molecule has 1 heterocycles. The van der Waals surface area contributed by atoms with Gasteiger partial charge in [-0.1, -0.05) is 30.3 Å². The Morgan fingerprint density at radius 2 is 1.68 bits per heavy atom. The van der Waals surface area contributed by atoms with Gasteiger partial charge in [0, 0.05) is 29.8 Å². The largest absolute Gasteiger partial charge is 0.312 e. The maximum atomic E-state index is 12.4. The molecule has 4 heteroatoms. The molecule has 1 aliphatic rings. The zero-order chi connectivity index (χ0) is 15.5. The quantitative estimate of drug-likeness (QED) is 0.695. The van der Waals surface area contributed by atoms with Crippen LogP contribution in [0.5, 0.6) is 0 Å². The standard InChI is InChI=1S/C18H17NO2S/c20-17-10-13(12-22)11-19(17)16-8-6-15(7-9-16)18(21)14-4-2-1-3-5-14/h1-9,13,22H,10-12H2. The normalized spacial score (nSPS) is 17.8. The van der Waals surface area contributed by atoms with E-state index in [1.165, 1.54) is 0 Å². The highest BCUT2D eigenvalue weighted by Crippen LogP contribution is 2.26. The van der Waals surface area contributed by atoms with E-state index in [0.717, 1.165) is 5.69 Å². The molecule has 0 bridgehead atoms. The fourth-order valence-electron chi connectivity index (χ4n) is 2.70. The molecule has 2 aromatic rings. The van der Waals surface area contributed by atoms with Gasteiger partial charge in [0.05, 0.1) is 0 Å². The number of benzene rings is 2. The summed E-state index contributed by atoms with van der Waals surface area (Å²) in [6, 6.07) is 16.4. The SMILES string of the molecule is O=C(c1ccccc1)c1ccc(N2CC(CS)CC2=O)cc1. The van der Waals surface area contributed by atoms with Gasteiger partial charge in [0.2, 0.25) is 5.91 Å². The van der Waals surface area contributed by atoms with Crippen molar-refractivity contribution in [2.75, 3.05) is 17.2 Å². The van der Waals surface area contributed by atoms with Gasteiger partial charge < -0.3 is 4.90 Å². The number of ketones is 1. The number of thiol groups is 1. The fraction of sp³-hybridized carbons (Fsp3) is 0.222. The van der Waals surface area contributed by atoms with Gasteiger partial charge in [0.15, 0.2) is 5.78 Å². The molecular formula is C18H17NO2S. The molecule has 0 aromatic heterocycles. The average Bonchev–Trinajstić information content (AvgIpc) is 2.96. The Morgan fingerprint density at radius 3 is 2.27 bits per heavy atom. The molecule has 22 heavy (non-hydrogen) atoms. The van der Waals surface area contributed by atoms with Crippen LogP contribution < -0.4 is 4.90 Å². The van der Waals surface area contributed by atoms with E-state index in [0.29, 0.717) is 35.8 Å². The minimum absolute atomic E-state index is 0.00636. The molecule has 1 amide bonds. The van der Waals surface area contributed by atoms with E-state index in [1.54, 1.807) is 29.2 Å². The third-order valence-electron chi connectivity index (χ3n) is 3.94. The van der Waals surface area contributed by atoms with E-state index in [4.69, 9.17) is 0 Å². The topological polar surface area (TPSA) is 37.4 Å². The lowest BCUT2D eigenvalue weighted by atomic mass is 10.0. The van der Waals surface area contributed by atoms with Gasteiger partial charge in [0.1, 0.15) is 0 Å². The number of amides is 1. The number of rotatable bonds is 4. The van der Waals surface area contributed by atoms with Crippen molar-refractivity contribution in [2.24, 2.45) is 5.92 Å². The summed E-state index contributed by atoms with van der Waals surface area (Å²) < 4.78 is 0. The predicted molar refractivity (Wildman–Crippen MR) is 90.6 cm³/mol. The molecule has 1 saturated heterocycles. The second-order valence-corrected chi connectivity index (χ2v) is 5.86. The zero-order valence-corrected chi connectivity index (χ0v) is 13.0. The van der Waals surface area contributed by atoms with E-state index in [9.17, 15) is 9.59 Å². The highest BCUT2D eigenvalue weighted by atomic mass is 32.1. The second kappa shape index (κ2) is 6.36. The summed E-state index contributed by atoms with van der Waals surface area (Å²) in [7, 11) is 0. The molecule has 2 aromatic carbocycles. The summed E-state index contributed by atoms with van der Waals surface area (Å²) in [6.07, 6.45) is 0.550. The Labute approximate surface area is 135 Å². The lowest BCUT2D eigenvalue weighted by Crippen LogP contribution is -2.24. The first-order valence-corrected chi connectivity index (χ1v) is 7.93. The molecule has 0 radical (unpaired) electrons. The van der Waals surface area contributed by atoms with Crippen molar-refractivity contribution in [1.29, 1.82) is 0 Å². The average molecular weight is 311 g/mol. The lowest BCUT2D eigenvalue weighted by Gasteiger charge is -2.16. The molecule has 3 nitrogen and oxygen atoms in total. The van der Waals surface area contributed by atoms with Gasteiger partial charge in [-0.05, 0) is 35.9 Å². The molecule has 1 atom stereocenters. The number of carbonyl (C=O) groups excluding carboxylic acids is 2. The Bertz CT molecular complexity index is 682. The Morgan fingerprint density at radius 1 is 1.05 bits per heavy atom. The first kappa shape index (κ1) is 14.9. The van der Waals surface area contributed by atoms with Crippen LogP contribution in [-0.4, -0.2) is 24.0 Å². The molecule has 112 valence electrons. The van der Waals surface area contributed by atoms with Crippen molar-refractivity contribution in [1.82, 2.24) is 0 Å². The number of carbonyl (C=O) groups is 2. The summed E-state index contributed by atoms with van der Waals surface area (Å²) in [5, 5.41) is 0. The summed E-state index contributed by atoms with van der Waals surface area (Å²) >= 11 is 4.27. The van der Waals surface area contributed by atoms with Gasteiger partial charge in [0.25, 0.3) is 0 Å². The summed E-state index contributed by atoms with van der Waals surface area (Å²) in [5.41, 5.74) is 2.15. The third-order valence-corrected chi connectivity index (χ3v) is 4.46. The third kappa shape index (κ3) is 2.92. The van der Waals surface area contributed by atoms with Crippen molar-refractivity contribution in [3.05, 3.63) is 65.7 Å². The van der Waals surface area contributed by atoms with E-state index in [-0.39, 0.29) is 11.7 Å². The first-order valence-electron chi connectivity index (χ1n) is 7.30. The smallest absolute Gasteiger partial charge is 0.227 e. The first-order chi connectivity index (χ1) is 10.7. The molecule has 1 unspecified atom stereocenters. The van der Waals surface area contributed by atoms with Gasteiger partial charge in [-0.2, -0.15) is 12.6 Å². The highest BCUT2D eigenvalue weighted by molar-refractivity contribution is 7.80. The van der Waals surface area contributed by atoms with Gasteiger partial charge >= 0.3 is 0 Å². The van der Waals surface area contributed by atoms with Crippen LogP contribution in [-0.2, 0) is 4.79 Å². The monoisotopic (exact) mass is 311 g/mol. The molecule has 1 aliphatic heterocycles. The number of hydrogen-bond acceptors (Lipinski definition) is 3. The number of nitrogens with zero attached hydrogens (tertiary/aromatic N) is 1. The van der Waals surface area contributed by atoms with Crippen LogP contribution in [0.25, 0.3) is 0 Å². The van der Waals surface area contributed by atoms with Gasteiger partial charge in [-0.3, -0.25) is 9.59 Å². The molecule has 1 fully saturated rings. The van der Waals surface area contributed by atoms with Crippen molar-refractivity contribution in [2.45, 2.75) is 6.42 Å². The minimum Gasteiger partial charge on any atom is -0.312 e. The Kier molecular flexibility index (Phi) is 4.29. The van der Waals surface area contributed by atoms with Crippen molar-refractivity contribution >= 4 is 30.0 Å². The van der Waals surface area contributed by atoms with Gasteiger partial charge in [-0.25, -0.2) is 0 Å². The molecular weight excluding hydrogens is 294 g/mol. The van der Waals surface area contributed by atoms with Crippen LogP contribution in [0.2, 0.25) is 0 Å². The van der Waals surface area contributed by atoms with Crippen molar-refractivity contribution in [3.8, 4) is 0 Å². The summed E-state index contributed by atoms with van der Waals surface area (Å²) in [6.45, 7) is 0.703. The Hall–Kier alpha value is -2.07. The zero-order valence-electron chi connectivity index (χ0n) is 12.1. The molecule has 0 saturated carbocycles. The molecule has 0 spiro atoms. The van der Waals surface area contributed by atoms with Crippen LogP contribution in [0, 0.1) is 5.92 Å². The van der Waals surface area contributed by atoms with E-state index in [1.807, 2.05) is 30.3 Å². The van der Waals surface area contributed by atoms with E-state index in [2.05, 4.69) is 12.6 Å². The van der Waals surface area contributed by atoms with Crippen LogP contribution in [0.4, 0.5) is 5.69 Å². The second-order valence-electron chi connectivity index (χ2n) is 5.50. The van der Waals surface area contributed by atoms with Crippen LogP contribution in [0.3, 0.4) is 0 Å². The summed E-state index contributed by atoms with van der Waals surface area (Å²) in [4.78, 5) is 26.1. The maximum Gasteiger partial charge on any atom is 0.227 e. The van der Waals surface area contributed by atoms with Crippen LogP contribution in [0.1, 0.15) is 22.3 Å². The molecule has 0 N–H and O–H groups in total. The van der Waals surface area contributed by atoms with Crippen molar-refractivity contribution < 1.29 is 9.59 Å². The predicted octanol–water partition coefficient (Wildman–Crippen LogP) is 3.20.